The molecule has 0 aliphatic rings. The molecule has 0 saturated carbocycles. The number of hydrogen-bond donors (Lipinski definition) is 4. The monoisotopic (exact) mass is 146 g/mol. The third-order valence-corrected chi connectivity index (χ3v) is 0.919. The van der Waals surface area contributed by atoms with Crippen LogP contribution in [0.15, 0.2) is 0 Å². The standard InChI is InChI=1S/C5H14N4O/c1-2-3-4-10-9-5(6)8-7/h2-4,7H2,1H3,(H3,6,8,9). The molecule has 5 heteroatoms. The van der Waals surface area contributed by atoms with Crippen LogP contribution in [-0.4, -0.2) is 12.6 Å². The molecule has 0 aliphatic carbocycles. The molecule has 0 aromatic rings. The highest BCUT2D eigenvalue weighted by Crippen LogP contribution is 1.84. The molecule has 5 nitrogen and oxygen atoms in total. The molecular weight excluding hydrogens is 132 g/mol. The van der Waals surface area contributed by atoms with Crippen molar-refractivity contribution in [2.45, 2.75) is 19.8 Å². The van der Waals surface area contributed by atoms with Crippen molar-refractivity contribution in [2.75, 3.05) is 6.61 Å². The minimum absolute atomic E-state index is 0.0314. The lowest BCUT2D eigenvalue weighted by atomic mass is 10.4. The predicted octanol–water partition coefficient (Wildman–Crippen LogP) is -0.294. The minimum atomic E-state index is -0.0314. The highest BCUT2D eigenvalue weighted by Gasteiger charge is 1.88. The Hall–Kier alpha value is -0.810. The van der Waals surface area contributed by atoms with Crippen molar-refractivity contribution < 1.29 is 4.84 Å². The number of hydrazine groups is 1. The van der Waals surface area contributed by atoms with E-state index in [1.807, 2.05) is 0 Å². The molecule has 0 fully saturated rings. The third-order valence-electron chi connectivity index (χ3n) is 0.919. The number of unbranched alkanes of at least 4 members (excludes halogenated alkanes) is 1. The largest absolute Gasteiger partial charge is 0.293 e. The molecule has 0 saturated heterocycles. The van der Waals surface area contributed by atoms with Gasteiger partial charge in [-0.3, -0.25) is 15.7 Å². The molecule has 0 amide bonds. The number of guanidine groups is 1. The van der Waals surface area contributed by atoms with Crippen molar-refractivity contribution in [3.05, 3.63) is 0 Å². The van der Waals surface area contributed by atoms with Crippen molar-refractivity contribution in [1.29, 1.82) is 5.41 Å². The summed E-state index contributed by atoms with van der Waals surface area (Å²) >= 11 is 0. The van der Waals surface area contributed by atoms with Gasteiger partial charge in [-0.05, 0) is 6.42 Å². The van der Waals surface area contributed by atoms with Crippen LogP contribution in [0.5, 0.6) is 0 Å². The fourth-order valence-electron chi connectivity index (χ4n) is 0.369. The third kappa shape index (κ3) is 5.33. The first kappa shape index (κ1) is 9.19. The summed E-state index contributed by atoms with van der Waals surface area (Å²) in [5.41, 5.74) is 4.40. The summed E-state index contributed by atoms with van der Waals surface area (Å²) in [4.78, 5) is 4.81. The van der Waals surface area contributed by atoms with Gasteiger partial charge in [-0.15, -0.1) is 0 Å². The minimum Gasteiger partial charge on any atom is -0.293 e. The van der Waals surface area contributed by atoms with E-state index in [2.05, 4.69) is 17.8 Å². The van der Waals surface area contributed by atoms with E-state index in [0.717, 1.165) is 12.8 Å². The topological polar surface area (TPSA) is 83.2 Å². The molecular formula is C5H14N4O. The lowest BCUT2D eigenvalue weighted by molar-refractivity contribution is 0.0796. The fraction of sp³-hybridized carbons (Fsp3) is 0.800. The maximum atomic E-state index is 6.90. The zero-order chi connectivity index (χ0) is 7.82. The van der Waals surface area contributed by atoms with E-state index in [-0.39, 0.29) is 5.96 Å². The summed E-state index contributed by atoms with van der Waals surface area (Å²) in [6, 6.07) is 0. The van der Waals surface area contributed by atoms with E-state index >= 15 is 0 Å². The summed E-state index contributed by atoms with van der Waals surface area (Å²) < 4.78 is 0. The van der Waals surface area contributed by atoms with Gasteiger partial charge in [0, 0.05) is 0 Å². The first-order valence-electron chi connectivity index (χ1n) is 3.24. The number of hydrogen-bond acceptors (Lipinski definition) is 3. The van der Waals surface area contributed by atoms with Crippen LogP contribution in [-0.2, 0) is 4.84 Å². The van der Waals surface area contributed by atoms with Crippen molar-refractivity contribution in [2.24, 2.45) is 5.84 Å². The summed E-state index contributed by atoms with van der Waals surface area (Å²) in [6.07, 6.45) is 2.05. The summed E-state index contributed by atoms with van der Waals surface area (Å²) in [7, 11) is 0. The Morgan fingerprint density at radius 2 is 2.40 bits per heavy atom. The smallest absolute Gasteiger partial charge is 0.227 e. The Morgan fingerprint density at radius 3 is 2.90 bits per heavy atom. The van der Waals surface area contributed by atoms with Gasteiger partial charge in [0.15, 0.2) is 0 Å². The Balaban J connectivity index is 2.96. The van der Waals surface area contributed by atoms with Crippen LogP contribution >= 0.6 is 0 Å². The molecule has 60 valence electrons. The Morgan fingerprint density at radius 1 is 1.70 bits per heavy atom. The summed E-state index contributed by atoms with van der Waals surface area (Å²) in [5, 5.41) is 6.90. The molecule has 0 aromatic carbocycles. The highest BCUT2D eigenvalue weighted by atomic mass is 16.6. The molecule has 0 atom stereocenters. The van der Waals surface area contributed by atoms with E-state index in [1.54, 1.807) is 0 Å². The second-order valence-corrected chi connectivity index (χ2v) is 1.82. The SMILES string of the molecule is CCCCONC(=N)NN. The van der Waals surface area contributed by atoms with Gasteiger partial charge in [0.05, 0.1) is 6.61 Å². The van der Waals surface area contributed by atoms with E-state index in [9.17, 15) is 0 Å². The maximum Gasteiger partial charge on any atom is 0.227 e. The van der Waals surface area contributed by atoms with Crippen molar-refractivity contribution >= 4 is 5.96 Å². The molecule has 0 aliphatic heterocycles. The number of hydroxylamine groups is 1. The fourth-order valence-corrected chi connectivity index (χ4v) is 0.369. The normalized spacial score (nSPS) is 9.00. The second-order valence-electron chi connectivity index (χ2n) is 1.82. The van der Waals surface area contributed by atoms with Gasteiger partial charge in [0.25, 0.3) is 0 Å². The van der Waals surface area contributed by atoms with Gasteiger partial charge in [0.2, 0.25) is 5.96 Å². The van der Waals surface area contributed by atoms with Crippen LogP contribution in [0.2, 0.25) is 0 Å². The number of nitrogens with one attached hydrogen (secondary N) is 3. The van der Waals surface area contributed by atoms with Gasteiger partial charge in [-0.25, -0.2) is 11.3 Å². The Labute approximate surface area is 60.4 Å². The summed E-state index contributed by atoms with van der Waals surface area (Å²) in [5.74, 6) is 4.84. The zero-order valence-electron chi connectivity index (χ0n) is 6.11. The van der Waals surface area contributed by atoms with Crippen LogP contribution in [0.4, 0.5) is 0 Å². The van der Waals surface area contributed by atoms with Gasteiger partial charge >= 0.3 is 0 Å². The quantitative estimate of drug-likeness (QED) is 0.144. The average Bonchev–Trinajstić information content (AvgIpc) is 1.98. The lowest BCUT2D eigenvalue weighted by Crippen LogP contribution is -2.40. The van der Waals surface area contributed by atoms with Crippen LogP contribution in [0.1, 0.15) is 19.8 Å². The van der Waals surface area contributed by atoms with Gasteiger partial charge in [0.1, 0.15) is 0 Å². The maximum absolute atomic E-state index is 6.90. The van der Waals surface area contributed by atoms with Crippen LogP contribution in [0, 0.1) is 5.41 Å². The van der Waals surface area contributed by atoms with Gasteiger partial charge < -0.3 is 0 Å². The number of rotatable bonds is 4. The molecule has 0 unspecified atom stereocenters. The van der Waals surface area contributed by atoms with E-state index < -0.39 is 0 Å². The Kier molecular flexibility index (Phi) is 5.80. The van der Waals surface area contributed by atoms with Crippen molar-refractivity contribution in [3.8, 4) is 0 Å². The average molecular weight is 146 g/mol. The predicted molar refractivity (Wildman–Crippen MR) is 39.0 cm³/mol. The van der Waals surface area contributed by atoms with Crippen LogP contribution in [0.3, 0.4) is 0 Å². The lowest BCUT2D eigenvalue weighted by Gasteiger charge is -2.05. The molecule has 0 rings (SSSR count). The molecule has 0 aromatic heterocycles. The molecule has 0 spiro atoms. The first-order chi connectivity index (χ1) is 4.81. The number of nitrogens with two attached hydrogens (primary N) is 1. The van der Waals surface area contributed by atoms with Gasteiger partial charge in [-0.2, -0.15) is 0 Å². The first-order valence-corrected chi connectivity index (χ1v) is 3.24. The van der Waals surface area contributed by atoms with Crippen LogP contribution in [0.25, 0.3) is 0 Å². The van der Waals surface area contributed by atoms with E-state index in [0.29, 0.717) is 6.61 Å². The van der Waals surface area contributed by atoms with Gasteiger partial charge in [-0.1, -0.05) is 13.3 Å². The van der Waals surface area contributed by atoms with E-state index in [1.165, 1.54) is 0 Å². The van der Waals surface area contributed by atoms with Crippen molar-refractivity contribution in [1.82, 2.24) is 10.9 Å². The molecule has 0 radical (unpaired) electrons. The van der Waals surface area contributed by atoms with E-state index in [4.69, 9.17) is 16.1 Å². The zero-order valence-corrected chi connectivity index (χ0v) is 6.11. The second kappa shape index (κ2) is 6.31. The molecule has 0 heterocycles. The Bertz CT molecular complexity index is 95.6. The molecule has 0 bridgehead atoms. The van der Waals surface area contributed by atoms with Crippen LogP contribution < -0.4 is 16.7 Å². The van der Waals surface area contributed by atoms with Crippen molar-refractivity contribution in [3.63, 3.8) is 0 Å². The highest BCUT2D eigenvalue weighted by molar-refractivity contribution is 5.74. The molecule has 10 heavy (non-hydrogen) atoms. The summed E-state index contributed by atoms with van der Waals surface area (Å²) in [6.45, 7) is 2.66. The molecule has 5 N–H and O–H groups in total.